The van der Waals surface area contributed by atoms with E-state index in [0.29, 0.717) is 33.1 Å². The van der Waals surface area contributed by atoms with Gasteiger partial charge < -0.3 is 0 Å². The van der Waals surface area contributed by atoms with Gasteiger partial charge in [0.1, 0.15) is 15.9 Å². The molecule has 0 aliphatic rings. The second-order valence-corrected chi connectivity index (χ2v) is 10.5. The van der Waals surface area contributed by atoms with Gasteiger partial charge in [0.15, 0.2) is 0 Å². The van der Waals surface area contributed by atoms with Crippen molar-refractivity contribution in [3.63, 3.8) is 0 Å². The molecule has 0 spiro atoms. The average Bonchev–Trinajstić information content (AvgIpc) is 3.27. The summed E-state index contributed by atoms with van der Waals surface area (Å²) in [5, 5.41) is 9.97. The summed E-state index contributed by atoms with van der Waals surface area (Å²) in [5.74, 6) is 0. The van der Waals surface area contributed by atoms with Crippen molar-refractivity contribution in [3.8, 4) is 5.69 Å². The molecule has 1 heterocycles. The fourth-order valence-corrected chi connectivity index (χ4v) is 4.94. The van der Waals surface area contributed by atoms with Gasteiger partial charge >= 0.3 is 59.1 Å². The number of nitrogens with zero attached hydrogens (tertiary/aromatic N) is 3. The van der Waals surface area contributed by atoms with Crippen LogP contribution in [0.15, 0.2) is 88.7 Å². The van der Waals surface area contributed by atoms with Gasteiger partial charge in [-0.2, -0.15) is 21.6 Å². The van der Waals surface area contributed by atoms with E-state index >= 15 is 0 Å². The summed E-state index contributed by atoms with van der Waals surface area (Å²) in [6.45, 7) is 0. The van der Waals surface area contributed by atoms with Crippen LogP contribution in [0, 0.1) is 0 Å². The summed E-state index contributed by atoms with van der Waals surface area (Å²) in [5.41, 5.74) is 2.39. The van der Waals surface area contributed by atoms with Crippen molar-refractivity contribution in [2.24, 2.45) is 0 Å². The monoisotopic (exact) mass is 553 g/mol. The molecular weight excluding hydrogens is 536 g/mol. The van der Waals surface area contributed by atoms with Crippen LogP contribution in [0.2, 0.25) is 0 Å². The molecule has 37 heavy (non-hydrogen) atoms. The first-order chi connectivity index (χ1) is 16.6. The van der Waals surface area contributed by atoms with Gasteiger partial charge in [0.05, 0.1) is 10.6 Å². The summed E-state index contributed by atoms with van der Waals surface area (Å²) in [6, 6.07) is 21.1. The van der Waals surface area contributed by atoms with Crippen molar-refractivity contribution in [2.45, 2.75) is 9.79 Å². The summed E-state index contributed by atoms with van der Waals surface area (Å²) >= 11 is 0. The van der Waals surface area contributed by atoms with Crippen LogP contribution in [-0.2, 0) is 20.2 Å². The molecule has 0 saturated heterocycles. The van der Waals surface area contributed by atoms with Crippen molar-refractivity contribution in [1.82, 2.24) is 15.0 Å². The standard InChI is InChI=1S/C24H17N3O6S2.2Na/c28-34(29,30)20-11-12-21-18(14-20)9-13-22-24(21)26-27(25-22)19-10-8-17(23(15-19)35(31,32)33)7-6-16-4-2-1-3-5-16;;/h1-15H,(H,28,29,30)(H,31,32,33);;/q;2*+1/b7-6+;;. The first-order valence-corrected chi connectivity index (χ1v) is 13.1. The minimum atomic E-state index is -4.55. The van der Waals surface area contributed by atoms with Crippen molar-refractivity contribution in [1.29, 1.82) is 0 Å². The number of hydrogen-bond acceptors (Lipinski definition) is 6. The van der Waals surface area contributed by atoms with Crippen molar-refractivity contribution < 1.29 is 85.1 Å². The Morgan fingerprint density at radius 1 is 0.730 bits per heavy atom. The van der Waals surface area contributed by atoms with Crippen LogP contribution in [0.4, 0.5) is 0 Å². The van der Waals surface area contributed by atoms with E-state index in [1.165, 1.54) is 29.1 Å². The fraction of sp³-hybridized carbons (Fsp3) is 0. The van der Waals surface area contributed by atoms with Crippen LogP contribution < -0.4 is 59.1 Å². The number of benzene rings is 4. The molecule has 0 bridgehead atoms. The molecule has 0 radical (unpaired) electrons. The molecule has 13 heteroatoms. The number of fused-ring (bicyclic) bond motifs is 3. The first-order valence-electron chi connectivity index (χ1n) is 10.2. The molecule has 0 fully saturated rings. The summed E-state index contributed by atoms with van der Waals surface area (Å²) < 4.78 is 66.2. The molecule has 1 aromatic heterocycles. The Bertz CT molecular complexity index is 1860. The molecule has 0 saturated carbocycles. The molecule has 9 nitrogen and oxygen atoms in total. The van der Waals surface area contributed by atoms with Gasteiger partial charge in [0.25, 0.3) is 20.2 Å². The summed E-state index contributed by atoms with van der Waals surface area (Å²) in [6.07, 6.45) is 3.33. The molecule has 5 aromatic rings. The van der Waals surface area contributed by atoms with Gasteiger partial charge in [-0.3, -0.25) is 9.11 Å². The van der Waals surface area contributed by atoms with E-state index in [-0.39, 0.29) is 68.9 Å². The molecule has 5 rings (SSSR count). The Labute approximate surface area is 257 Å². The molecule has 0 unspecified atom stereocenters. The third kappa shape index (κ3) is 6.40. The van der Waals surface area contributed by atoms with E-state index < -0.39 is 20.2 Å². The Balaban J connectivity index is 0.00000190. The van der Waals surface area contributed by atoms with E-state index in [9.17, 15) is 25.9 Å². The summed E-state index contributed by atoms with van der Waals surface area (Å²) in [4.78, 5) is 0.694. The Morgan fingerprint density at radius 3 is 2.14 bits per heavy atom. The molecule has 0 aliphatic carbocycles. The van der Waals surface area contributed by atoms with Crippen LogP contribution >= 0.6 is 0 Å². The molecule has 0 aliphatic heterocycles. The van der Waals surface area contributed by atoms with Gasteiger partial charge in [-0.15, -0.1) is 10.2 Å². The molecule has 176 valence electrons. The third-order valence-electron chi connectivity index (χ3n) is 5.40. The summed E-state index contributed by atoms with van der Waals surface area (Å²) in [7, 11) is -8.91. The Kier molecular flexibility index (Phi) is 9.18. The molecule has 4 aromatic carbocycles. The van der Waals surface area contributed by atoms with Crippen molar-refractivity contribution in [3.05, 3.63) is 90.0 Å². The number of rotatable bonds is 5. The van der Waals surface area contributed by atoms with E-state index in [2.05, 4.69) is 10.2 Å². The van der Waals surface area contributed by atoms with Crippen LogP contribution in [0.25, 0.3) is 39.6 Å². The van der Waals surface area contributed by atoms with Crippen LogP contribution in [0.5, 0.6) is 0 Å². The molecule has 2 N–H and O–H groups in total. The largest absolute Gasteiger partial charge is 1.00 e. The average molecular weight is 554 g/mol. The zero-order chi connectivity index (χ0) is 24.8. The van der Waals surface area contributed by atoms with Gasteiger partial charge in [0, 0.05) is 5.39 Å². The maximum absolute atomic E-state index is 12.1. The fourth-order valence-electron chi connectivity index (χ4n) is 3.72. The molecule has 0 atom stereocenters. The quantitative estimate of drug-likeness (QED) is 0.148. The molecule has 0 amide bonds. The normalized spacial score (nSPS) is 11.9. The predicted octanol–water partition coefficient (Wildman–Crippen LogP) is -1.75. The minimum Gasteiger partial charge on any atom is -0.282 e. The Morgan fingerprint density at radius 2 is 1.46 bits per heavy atom. The maximum Gasteiger partial charge on any atom is 1.00 e. The number of hydrogen-bond donors (Lipinski definition) is 2. The van der Waals surface area contributed by atoms with Crippen molar-refractivity contribution >= 4 is 54.2 Å². The molecular formula is C24H17N3Na2O6S2+2. The second-order valence-electron chi connectivity index (χ2n) is 7.72. The third-order valence-corrected chi connectivity index (χ3v) is 7.16. The second kappa shape index (κ2) is 11.5. The van der Waals surface area contributed by atoms with Gasteiger partial charge in [0.2, 0.25) is 0 Å². The van der Waals surface area contributed by atoms with Crippen LogP contribution in [-0.4, -0.2) is 40.9 Å². The van der Waals surface area contributed by atoms with E-state index in [0.717, 1.165) is 5.56 Å². The minimum absolute atomic E-state index is 0. The van der Waals surface area contributed by atoms with E-state index in [4.69, 9.17) is 0 Å². The SMILES string of the molecule is O=S(=O)(O)c1ccc2c(ccc3nn(-c4ccc(/C=C/c5ccccc5)c(S(=O)(=O)O)c4)nc32)c1.[Na+].[Na+]. The van der Waals surface area contributed by atoms with E-state index in [1.807, 2.05) is 30.3 Å². The first kappa shape index (κ1) is 29.7. The van der Waals surface area contributed by atoms with E-state index in [1.54, 1.807) is 36.4 Å². The van der Waals surface area contributed by atoms with Crippen LogP contribution in [0.1, 0.15) is 11.1 Å². The number of aromatic nitrogens is 3. The maximum atomic E-state index is 12.1. The van der Waals surface area contributed by atoms with Crippen molar-refractivity contribution in [2.75, 3.05) is 0 Å². The zero-order valence-electron chi connectivity index (χ0n) is 19.8. The Hall–Kier alpha value is -1.90. The van der Waals surface area contributed by atoms with Gasteiger partial charge in [-0.25, -0.2) is 0 Å². The van der Waals surface area contributed by atoms with Gasteiger partial charge in [-0.1, -0.05) is 60.7 Å². The topological polar surface area (TPSA) is 139 Å². The predicted molar refractivity (Wildman–Crippen MR) is 131 cm³/mol. The van der Waals surface area contributed by atoms with Crippen LogP contribution in [0.3, 0.4) is 0 Å². The zero-order valence-corrected chi connectivity index (χ0v) is 25.5. The van der Waals surface area contributed by atoms with Gasteiger partial charge in [-0.05, 0) is 46.8 Å². The smallest absolute Gasteiger partial charge is 0.282 e.